The Labute approximate surface area is 196 Å². The SMILES string of the molecule is CC.CN1CCN(CCNC(=O)c2cccc(Nc3nccc(-c4cccnc4)n3)c2)CC1. The van der Waals surface area contributed by atoms with Crippen LogP contribution in [0.25, 0.3) is 11.3 Å². The number of carbonyl (C=O) groups is 1. The van der Waals surface area contributed by atoms with E-state index in [2.05, 4.69) is 42.4 Å². The van der Waals surface area contributed by atoms with E-state index in [-0.39, 0.29) is 5.91 Å². The lowest BCUT2D eigenvalue weighted by molar-refractivity contribution is 0.0941. The van der Waals surface area contributed by atoms with Crippen LogP contribution in [-0.4, -0.2) is 77.0 Å². The van der Waals surface area contributed by atoms with Gasteiger partial charge in [0.15, 0.2) is 0 Å². The van der Waals surface area contributed by atoms with Crippen LogP contribution < -0.4 is 10.6 Å². The number of carbonyl (C=O) groups excluding carboxylic acids is 1. The lowest BCUT2D eigenvalue weighted by Crippen LogP contribution is -2.46. The van der Waals surface area contributed by atoms with Crippen molar-refractivity contribution in [2.75, 3.05) is 51.6 Å². The zero-order chi connectivity index (χ0) is 23.5. The quantitative estimate of drug-likeness (QED) is 0.575. The molecule has 1 fully saturated rings. The van der Waals surface area contributed by atoms with Crippen molar-refractivity contribution >= 4 is 17.5 Å². The minimum absolute atomic E-state index is 0.0807. The lowest BCUT2D eigenvalue weighted by atomic mass is 10.2. The highest BCUT2D eigenvalue weighted by Crippen LogP contribution is 2.19. The molecule has 0 atom stereocenters. The van der Waals surface area contributed by atoms with Gasteiger partial charge in [-0.25, -0.2) is 9.97 Å². The number of likely N-dealkylation sites (N-methyl/N-ethyl adjacent to an activating group) is 1. The largest absolute Gasteiger partial charge is 0.351 e. The van der Waals surface area contributed by atoms with Crippen LogP contribution in [0, 0.1) is 0 Å². The predicted molar refractivity (Wildman–Crippen MR) is 133 cm³/mol. The van der Waals surface area contributed by atoms with E-state index < -0.39 is 0 Å². The Morgan fingerprint density at radius 1 is 1.03 bits per heavy atom. The fraction of sp³-hybridized carbons (Fsp3) is 0.360. The van der Waals surface area contributed by atoms with Crippen LogP contribution in [0.1, 0.15) is 24.2 Å². The second kappa shape index (κ2) is 12.6. The van der Waals surface area contributed by atoms with Crippen LogP contribution in [0.2, 0.25) is 0 Å². The van der Waals surface area contributed by atoms with Crippen molar-refractivity contribution in [3.63, 3.8) is 0 Å². The Morgan fingerprint density at radius 2 is 1.85 bits per heavy atom. The summed E-state index contributed by atoms with van der Waals surface area (Å²) in [6, 6.07) is 13.0. The molecule has 3 heterocycles. The van der Waals surface area contributed by atoms with E-state index in [4.69, 9.17) is 0 Å². The first kappa shape index (κ1) is 24.3. The maximum Gasteiger partial charge on any atom is 0.251 e. The molecule has 3 aromatic rings. The fourth-order valence-corrected chi connectivity index (χ4v) is 3.46. The number of nitrogens with one attached hydrogen (secondary N) is 2. The number of nitrogens with zero attached hydrogens (tertiary/aromatic N) is 5. The highest BCUT2D eigenvalue weighted by molar-refractivity contribution is 5.95. The molecule has 2 N–H and O–H groups in total. The summed E-state index contributed by atoms with van der Waals surface area (Å²) in [6.45, 7) is 9.74. The van der Waals surface area contributed by atoms with Crippen LogP contribution in [0.3, 0.4) is 0 Å². The second-order valence-electron chi connectivity index (χ2n) is 7.61. The average molecular weight is 448 g/mol. The summed E-state index contributed by atoms with van der Waals surface area (Å²) in [5.41, 5.74) is 3.06. The molecule has 8 nitrogen and oxygen atoms in total. The Morgan fingerprint density at radius 3 is 2.61 bits per heavy atom. The van der Waals surface area contributed by atoms with Crippen molar-refractivity contribution in [3.05, 3.63) is 66.6 Å². The zero-order valence-corrected chi connectivity index (χ0v) is 19.7. The van der Waals surface area contributed by atoms with Crippen LogP contribution in [0.4, 0.5) is 11.6 Å². The molecule has 0 saturated carbocycles. The van der Waals surface area contributed by atoms with Gasteiger partial charge in [-0.15, -0.1) is 0 Å². The lowest BCUT2D eigenvalue weighted by Gasteiger charge is -2.32. The Kier molecular flexibility index (Phi) is 9.29. The molecule has 0 radical (unpaired) electrons. The van der Waals surface area contributed by atoms with E-state index in [9.17, 15) is 4.79 Å². The van der Waals surface area contributed by atoms with Gasteiger partial charge in [0.1, 0.15) is 0 Å². The molecule has 1 aliphatic heterocycles. The van der Waals surface area contributed by atoms with E-state index in [1.54, 1.807) is 18.6 Å². The molecule has 2 aromatic heterocycles. The van der Waals surface area contributed by atoms with Gasteiger partial charge in [0.05, 0.1) is 5.69 Å². The summed E-state index contributed by atoms with van der Waals surface area (Å²) in [5.74, 6) is 0.386. The number of piperazine rings is 1. The molecule has 0 unspecified atom stereocenters. The van der Waals surface area contributed by atoms with Crippen molar-refractivity contribution < 1.29 is 4.79 Å². The van der Waals surface area contributed by atoms with E-state index in [1.807, 2.05) is 56.3 Å². The van der Waals surface area contributed by atoms with Gasteiger partial charge in [0, 0.05) is 74.7 Å². The average Bonchev–Trinajstić information content (AvgIpc) is 2.87. The molecule has 0 aliphatic carbocycles. The highest BCUT2D eigenvalue weighted by atomic mass is 16.1. The van der Waals surface area contributed by atoms with Crippen molar-refractivity contribution in [1.82, 2.24) is 30.1 Å². The number of rotatable bonds is 7. The summed E-state index contributed by atoms with van der Waals surface area (Å²) >= 11 is 0. The van der Waals surface area contributed by atoms with Crippen LogP contribution in [0.15, 0.2) is 61.1 Å². The molecule has 174 valence electrons. The molecular formula is C25H33N7O. The third-order valence-electron chi connectivity index (χ3n) is 5.30. The molecule has 0 spiro atoms. The summed E-state index contributed by atoms with van der Waals surface area (Å²) in [4.78, 5) is 30.3. The monoisotopic (exact) mass is 447 g/mol. The zero-order valence-electron chi connectivity index (χ0n) is 19.7. The van der Waals surface area contributed by atoms with Crippen molar-refractivity contribution in [2.45, 2.75) is 13.8 Å². The number of aromatic nitrogens is 3. The maximum atomic E-state index is 12.6. The van der Waals surface area contributed by atoms with Gasteiger partial charge in [-0.2, -0.15) is 0 Å². The maximum absolute atomic E-state index is 12.6. The molecule has 33 heavy (non-hydrogen) atoms. The van der Waals surface area contributed by atoms with E-state index in [0.29, 0.717) is 18.1 Å². The predicted octanol–water partition coefficient (Wildman–Crippen LogP) is 3.29. The molecule has 0 bridgehead atoms. The molecule has 1 aliphatic rings. The molecule has 1 saturated heterocycles. The Balaban J connectivity index is 0.00000149. The number of hydrogen-bond donors (Lipinski definition) is 2. The van der Waals surface area contributed by atoms with Gasteiger partial charge in [-0.05, 0) is 43.4 Å². The number of benzene rings is 1. The van der Waals surface area contributed by atoms with E-state index >= 15 is 0 Å². The Bertz CT molecular complexity index is 1000. The number of amides is 1. The van der Waals surface area contributed by atoms with Crippen molar-refractivity contribution in [3.8, 4) is 11.3 Å². The number of hydrogen-bond acceptors (Lipinski definition) is 7. The van der Waals surface area contributed by atoms with Crippen LogP contribution in [-0.2, 0) is 0 Å². The molecular weight excluding hydrogens is 414 g/mol. The standard InChI is InChI=1S/C23H27N7O.C2H6/c1-29-12-14-30(15-13-29)11-10-25-22(31)18-4-2-6-20(16-18)27-23-26-9-7-21(28-23)19-5-3-8-24-17-19;1-2/h2-9,16-17H,10-15H2,1H3,(H,25,31)(H,26,27,28);1-2H3. The van der Waals surface area contributed by atoms with Crippen LogP contribution >= 0.6 is 0 Å². The van der Waals surface area contributed by atoms with Gasteiger partial charge in [-0.3, -0.25) is 14.7 Å². The van der Waals surface area contributed by atoms with Crippen LogP contribution in [0.5, 0.6) is 0 Å². The summed E-state index contributed by atoms with van der Waals surface area (Å²) in [7, 11) is 2.14. The number of pyridine rings is 1. The van der Waals surface area contributed by atoms with E-state index in [0.717, 1.165) is 49.7 Å². The normalized spacial score (nSPS) is 14.2. The Hall–Kier alpha value is -3.36. The third-order valence-corrected chi connectivity index (χ3v) is 5.30. The fourth-order valence-electron chi connectivity index (χ4n) is 3.46. The van der Waals surface area contributed by atoms with Gasteiger partial charge in [-0.1, -0.05) is 19.9 Å². The summed E-state index contributed by atoms with van der Waals surface area (Å²) in [6.07, 6.45) is 5.19. The minimum atomic E-state index is -0.0807. The smallest absolute Gasteiger partial charge is 0.251 e. The molecule has 1 aromatic carbocycles. The summed E-state index contributed by atoms with van der Waals surface area (Å²) in [5, 5.41) is 6.20. The van der Waals surface area contributed by atoms with Crippen molar-refractivity contribution in [2.24, 2.45) is 0 Å². The highest BCUT2D eigenvalue weighted by Gasteiger charge is 2.14. The molecule has 1 amide bonds. The van der Waals surface area contributed by atoms with Gasteiger partial charge >= 0.3 is 0 Å². The van der Waals surface area contributed by atoms with Gasteiger partial charge in [0.2, 0.25) is 5.95 Å². The van der Waals surface area contributed by atoms with E-state index in [1.165, 1.54) is 0 Å². The summed E-state index contributed by atoms with van der Waals surface area (Å²) < 4.78 is 0. The minimum Gasteiger partial charge on any atom is -0.351 e. The van der Waals surface area contributed by atoms with Gasteiger partial charge < -0.3 is 15.5 Å². The van der Waals surface area contributed by atoms with Crippen molar-refractivity contribution in [1.29, 1.82) is 0 Å². The number of anilines is 2. The first-order chi connectivity index (χ1) is 16.2. The molecule has 8 heteroatoms. The topological polar surface area (TPSA) is 86.3 Å². The first-order valence-electron chi connectivity index (χ1n) is 11.5. The van der Waals surface area contributed by atoms with Gasteiger partial charge in [0.25, 0.3) is 5.91 Å². The third kappa shape index (κ3) is 7.34. The first-order valence-corrected chi connectivity index (χ1v) is 11.5. The second-order valence-corrected chi connectivity index (χ2v) is 7.61. The molecule has 4 rings (SSSR count).